The molecule has 2 heterocycles. The molecule has 1 aliphatic heterocycles. The van der Waals surface area contributed by atoms with Crippen molar-refractivity contribution >= 4 is 11.3 Å². The number of piperidine rings is 1. The first-order valence-electron chi connectivity index (χ1n) is 4.83. The van der Waals surface area contributed by atoms with Gasteiger partial charge in [-0.2, -0.15) is 11.3 Å². The van der Waals surface area contributed by atoms with Crippen molar-refractivity contribution in [2.45, 2.75) is 25.4 Å². The summed E-state index contributed by atoms with van der Waals surface area (Å²) in [5.41, 5.74) is 7.34. The zero-order chi connectivity index (χ0) is 9.10. The Morgan fingerprint density at radius 2 is 2.54 bits per heavy atom. The molecule has 0 aliphatic carbocycles. The summed E-state index contributed by atoms with van der Waals surface area (Å²) in [4.78, 5) is 2.45. The second kappa shape index (κ2) is 4.22. The van der Waals surface area contributed by atoms with E-state index in [1.54, 1.807) is 11.3 Å². The third kappa shape index (κ3) is 2.53. The first-order valence-corrected chi connectivity index (χ1v) is 5.78. The fourth-order valence-electron chi connectivity index (χ4n) is 1.88. The van der Waals surface area contributed by atoms with E-state index in [4.69, 9.17) is 5.73 Å². The Hall–Kier alpha value is -0.380. The Labute approximate surface area is 83.4 Å². The molecular formula is C10H16N2S. The average Bonchev–Trinajstić information content (AvgIpc) is 2.57. The molecule has 1 unspecified atom stereocenters. The molecule has 3 heteroatoms. The molecule has 2 rings (SSSR count). The predicted octanol–water partition coefficient (Wildman–Crippen LogP) is 1.67. The van der Waals surface area contributed by atoms with Crippen LogP contribution in [0.2, 0.25) is 0 Å². The zero-order valence-electron chi connectivity index (χ0n) is 7.78. The standard InChI is InChI=1S/C10H16N2S/c11-10-2-1-4-12(7-10)6-9-3-5-13-8-9/h3,5,8,10H,1-2,4,6-7,11H2. The van der Waals surface area contributed by atoms with Gasteiger partial charge in [-0.25, -0.2) is 0 Å². The van der Waals surface area contributed by atoms with Gasteiger partial charge in [-0.3, -0.25) is 4.90 Å². The highest BCUT2D eigenvalue weighted by Crippen LogP contribution is 2.14. The maximum atomic E-state index is 5.92. The molecule has 1 aromatic heterocycles. The molecule has 0 saturated carbocycles. The second-order valence-corrected chi connectivity index (χ2v) is 4.55. The average molecular weight is 196 g/mol. The van der Waals surface area contributed by atoms with Gasteiger partial charge in [-0.1, -0.05) is 0 Å². The van der Waals surface area contributed by atoms with Crippen LogP contribution in [0.15, 0.2) is 16.8 Å². The van der Waals surface area contributed by atoms with Crippen LogP contribution in [0, 0.1) is 0 Å². The van der Waals surface area contributed by atoms with Gasteiger partial charge < -0.3 is 5.73 Å². The van der Waals surface area contributed by atoms with Gasteiger partial charge >= 0.3 is 0 Å². The summed E-state index contributed by atoms with van der Waals surface area (Å²) in [7, 11) is 0. The van der Waals surface area contributed by atoms with E-state index in [1.165, 1.54) is 24.9 Å². The molecule has 0 spiro atoms. The van der Waals surface area contributed by atoms with Crippen LogP contribution in [0.25, 0.3) is 0 Å². The molecule has 0 bridgehead atoms. The lowest BCUT2D eigenvalue weighted by molar-refractivity contribution is 0.202. The predicted molar refractivity (Wildman–Crippen MR) is 56.8 cm³/mol. The molecule has 0 amide bonds. The minimum atomic E-state index is 0.396. The van der Waals surface area contributed by atoms with Gasteiger partial charge in [0.15, 0.2) is 0 Å². The van der Waals surface area contributed by atoms with Crippen LogP contribution in [-0.4, -0.2) is 24.0 Å². The molecule has 1 aromatic rings. The molecule has 13 heavy (non-hydrogen) atoms. The van der Waals surface area contributed by atoms with Crippen LogP contribution >= 0.6 is 11.3 Å². The molecule has 2 N–H and O–H groups in total. The molecule has 1 atom stereocenters. The first kappa shape index (κ1) is 9.19. The highest BCUT2D eigenvalue weighted by Gasteiger charge is 2.16. The minimum absolute atomic E-state index is 0.396. The second-order valence-electron chi connectivity index (χ2n) is 3.77. The molecule has 1 fully saturated rings. The van der Waals surface area contributed by atoms with Crippen LogP contribution < -0.4 is 5.73 Å². The zero-order valence-corrected chi connectivity index (χ0v) is 8.59. The van der Waals surface area contributed by atoms with Crippen LogP contribution in [0.1, 0.15) is 18.4 Å². The molecule has 1 saturated heterocycles. The molecule has 1 aliphatic rings. The highest BCUT2D eigenvalue weighted by molar-refractivity contribution is 7.07. The minimum Gasteiger partial charge on any atom is -0.327 e. The van der Waals surface area contributed by atoms with Crippen molar-refractivity contribution in [3.8, 4) is 0 Å². The highest BCUT2D eigenvalue weighted by atomic mass is 32.1. The topological polar surface area (TPSA) is 29.3 Å². The van der Waals surface area contributed by atoms with Crippen molar-refractivity contribution in [2.24, 2.45) is 5.73 Å². The van der Waals surface area contributed by atoms with Crippen molar-refractivity contribution in [1.29, 1.82) is 0 Å². The lowest BCUT2D eigenvalue weighted by Gasteiger charge is -2.30. The summed E-state index contributed by atoms with van der Waals surface area (Å²) in [6.45, 7) is 3.36. The number of rotatable bonds is 2. The normalized spacial score (nSPS) is 24.8. The summed E-state index contributed by atoms with van der Waals surface area (Å²) in [5.74, 6) is 0. The van der Waals surface area contributed by atoms with Crippen molar-refractivity contribution in [2.75, 3.05) is 13.1 Å². The van der Waals surface area contributed by atoms with Crippen molar-refractivity contribution in [3.05, 3.63) is 22.4 Å². The Balaban J connectivity index is 1.87. The van der Waals surface area contributed by atoms with Gasteiger partial charge in [-0.15, -0.1) is 0 Å². The molecule has 0 radical (unpaired) electrons. The van der Waals surface area contributed by atoms with Crippen LogP contribution in [0.3, 0.4) is 0 Å². The van der Waals surface area contributed by atoms with E-state index < -0.39 is 0 Å². The van der Waals surface area contributed by atoms with E-state index in [0.717, 1.165) is 13.1 Å². The number of likely N-dealkylation sites (tertiary alicyclic amines) is 1. The number of nitrogens with zero attached hydrogens (tertiary/aromatic N) is 1. The van der Waals surface area contributed by atoms with Gasteiger partial charge in [0, 0.05) is 19.1 Å². The van der Waals surface area contributed by atoms with Gasteiger partial charge in [0.25, 0.3) is 0 Å². The largest absolute Gasteiger partial charge is 0.327 e. The lowest BCUT2D eigenvalue weighted by Crippen LogP contribution is -2.42. The van der Waals surface area contributed by atoms with E-state index in [9.17, 15) is 0 Å². The summed E-state index contributed by atoms with van der Waals surface area (Å²) in [6.07, 6.45) is 2.45. The van der Waals surface area contributed by atoms with E-state index in [2.05, 4.69) is 21.7 Å². The number of thiophene rings is 1. The molecule has 2 nitrogen and oxygen atoms in total. The molecular weight excluding hydrogens is 180 g/mol. The number of hydrogen-bond donors (Lipinski definition) is 1. The van der Waals surface area contributed by atoms with Crippen LogP contribution in [0.4, 0.5) is 0 Å². The maximum Gasteiger partial charge on any atom is 0.0242 e. The van der Waals surface area contributed by atoms with E-state index in [0.29, 0.717) is 6.04 Å². The molecule has 72 valence electrons. The third-order valence-electron chi connectivity index (χ3n) is 2.53. The van der Waals surface area contributed by atoms with Crippen LogP contribution in [-0.2, 0) is 6.54 Å². The van der Waals surface area contributed by atoms with E-state index >= 15 is 0 Å². The molecule has 0 aromatic carbocycles. The van der Waals surface area contributed by atoms with Gasteiger partial charge in [0.05, 0.1) is 0 Å². The monoisotopic (exact) mass is 196 g/mol. The van der Waals surface area contributed by atoms with E-state index in [-0.39, 0.29) is 0 Å². The quantitative estimate of drug-likeness (QED) is 0.779. The Bertz CT molecular complexity index is 245. The van der Waals surface area contributed by atoms with Crippen LogP contribution in [0.5, 0.6) is 0 Å². The lowest BCUT2D eigenvalue weighted by atomic mass is 10.1. The number of hydrogen-bond acceptors (Lipinski definition) is 3. The maximum absolute atomic E-state index is 5.92. The van der Waals surface area contributed by atoms with E-state index in [1.807, 2.05) is 0 Å². The summed E-state index contributed by atoms with van der Waals surface area (Å²) >= 11 is 1.77. The fraction of sp³-hybridized carbons (Fsp3) is 0.600. The Kier molecular flexibility index (Phi) is 2.98. The van der Waals surface area contributed by atoms with Crippen molar-refractivity contribution < 1.29 is 0 Å². The van der Waals surface area contributed by atoms with Gasteiger partial charge in [0.2, 0.25) is 0 Å². The van der Waals surface area contributed by atoms with Crippen molar-refractivity contribution in [3.63, 3.8) is 0 Å². The SMILES string of the molecule is NC1CCCN(Cc2ccsc2)C1. The Morgan fingerprint density at radius 3 is 3.23 bits per heavy atom. The smallest absolute Gasteiger partial charge is 0.0242 e. The summed E-state index contributed by atoms with van der Waals surface area (Å²) < 4.78 is 0. The van der Waals surface area contributed by atoms with Gasteiger partial charge in [-0.05, 0) is 41.8 Å². The first-order chi connectivity index (χ1) is 6.34. The Morgan fingerprint density at radius 1 is 1.62 bits per heavy atom. The number of nitrogens with two attached hydrogens (primary N) is 1. The van der Waals surface area contributed by atoms with Crippen molar-refractivity contribution in [1.82, 2.24) is 4.90 Å². The van der Waals surface area contributed by atoms with Gasteiger partial charge in [0.1, 0.15) is 0 Å². The summed E-state index contributed by atoms with van der Waals surface area (Å²) in [6, 6.07) is 2.59. The fourth-order valence-corrected chi connectivity index (χ4v) is 2.54. The summed E-state index contributed by atoms with van der Waals surface area (Å²) in [5, 5.41) is 4.36. The third-order valence-corrected chi connectivity index (χ3v) is 3.26.